The maximum atomic E-state index is 13.6. The maximum absolute atomic E-state index is 13.6. The lowest BCUT2D eigenvalue weighted by atomic mass is 9.87. The minimum absolute atomic E-state index is 0.355. The van der Waals surface area contributed by atoms with E-state index >= 15 is 0 Å². The van der Waals surface area contributed by atoms with Gasteiger partial charge in [0.2, 0.25) is 5.82 Å². The fourth-order valence-electron chi connectivity index (χ4n) is 2.23. The summed E-state index contributed by atoms with van der Waals surface area (Å²) in [6.45, 7) is 0.710. The first-order valence-corrected chi connectivity index (χ1v) is 5.79. The number of benzene rings is 1. The molecule has 1 heterocycles. The van der Waals surface area contributed by atoms with E-state index in [2.05, 4.69) is 0 Å². The molecule has 19 heavy (non-hydrogen) atoms. The highest BCUT2D eigenvalue weighted by Crippen LogP contribution is 2.33. The molecule has 1 aromatic carbocycles. The SMILES string of the molecule is N[C@@H](c1c(F)c(F)c(F)c(F)c1F)C1CCOCC1. The van der Waals surface area contributed by atoms with E-state index in [0.717, 1.165) is 0 Å². The zero-order valence-corrected chi connectivity index (χ0v) is 9.86. The van der Waals surface area contributed by atoms with Gasteiger partial charge in [0.1, 0.15) is 0 Å². The summed E-state index contributed by atoms with van der Waals surface area (Å²) in [7, 11) is 0. The second-order valence-electron chi connectivity index (χ2n) is 4.46. The molecule has 0 spiro atoms. The Morgan fingerprint density at radius 2 is 1.26 bits per heavy atom. The Kier molecular flexibility index (Phi) is 4.05. The molecule has 1 saturated heterocycles. The van der Waals surface area contributed by atoms with E-state index in [4.69, 9.17) is 10.5 Å². The fourth-order valence-corrected chi connectivity index (χ4v) is 2.23. The maximum Gasteiger partial charge on any atom is 0.200 e. The third-order valence-corrected chi connectivity index (χ3v) is 3.35. The molecule has 0 radical (unpaired) electrons. The number of hydrogen-bond acceptors (Lipinski definition) is 2. The molecule has 106 valence electrons. The fraction of sp³-hybridized carbons (Fsp3) is 0.500. The Hall–Kier alpha value is -1.21. The van der Waals surface area contributed by atoms with E-state index in [0.29, 0.717) is 26.1 Å². The summed E-state index contributed by atoms with van der Waals surface area (Å²) in [5.41, 5.74) is 4.73. The smallest absolute Gasteiger partial charge is 0.200 e. The molecule has 0 aliphatic carbocycles. The quantitative estimate of drug-likeness (QED) is 0.514. The van der Waals surface area contributed by atoms with Crippen molar-refractivity contribution in [2.75, 3.05) is 13.2 Å². The van der Waals surface area contributed by atoms with Gasteiger partial charge < -0.3 is 10.5 Å². The van der Waals surface area contributed by atoms with Gasteiger partial charge in [-0.15, -0.1) is 0 Å². The summed E-state index contributed by atoms with van der Waals surface area (Å²) in [5, 5.41) is 0. The molecule has 1 aromatic rings. The van der Waals surface area contributed by atoms with Gasteiger partial charge in [-0.25, -0.2) is 22.0 Å². The molecule has 7 heteroatoms. The minimum Gasteiger partial charge on any atom is -0.381 e. The third-order valence-electron chi connectivity index (χ3n) is 3.35. The van der Waals surface area contributed by atoms with Crippen molar-refractivity contribution in [3.63, 3.8) is 0 Å². The summed E-state index contributed by atoms with van der Waals surface area (Å²) >= 11 is 0. The van der Waals surface area contributed by atoms with Crippen LogP contribution in [-0.4, -0.2) is 13.2 Å². The van der Waals surface area contributed by atoms with Crippen molar-refractivity contribution >= 4 is 0 Å². The Morgan fingerprint density at radius 1 is 0.842 bits per heavy atom. The molecule has 2 nitrogen and oxygen atoms in total. The first-order chi connectivity index (χ1) is 8.95. The van der Waals surface area contributed by atoms with Crippen molar-refractivity contribution in [1.82, 2.24) is 0 Å². The molecule has 0 unspecified atom stereocenters. The van der Waals surface area contributed by atoms with Crippen molar-refractivity contribution in [1.29, 1.82) is 0 Å². The van der Waals surface area contributed by atoms with Crippen LogP contribution in [0.25, 0.3) is 0 Å². The predicted molar refractivity (Wildman–Crippen MR) is 56.7 cm³/mol. The van der Waals surface area contributed by atoms with E-state index in [-0.39, 0.29) is 5.92 Å². The highest BCUT2D eigenvalue weighted by atomic mass is 19.2. The number of nitrogens with two attached hydrogens (primary N) is 1. The Balaban J connectivity index is 2.43. The molecule has 0 aromatic heterocycles. The molecule has 1 fully saturated rings. The molecule has 2 rings (SSSR count). The average molecular weight is 281 g/mol. The standard InChI is InChI=1S/C12H12F5NO/c13-7-6(8(14)10(16)11(17)9(7)15)12(18)5-1-3-19-4-2-5/h5,12H,1-4,18H2/t12-/m1/s1. The van der Waals surface area contributed by atoms with Gasteiger partial charge in [0, 0.05) is 24.8 Å². The molecule has 0 saturated carbocycles. The number of ether oxygens (including phenoxy) is 1. The second kappa shape index (κ2) is 5.42. The van der Waals surface area contributed by atoms with Crippen LogP contribution in [0.2, 0.25) is 0 Å². The van der Waals surface area contributed by atoms with E-state index in [1.54, 1.807) is 0 Å². The zero-order valence-electron chi connectivity index (χ0n) is 9.86. The normalized spacial score (nSPS) is 18.6. The third kappa shape index (κ3) is 2.44. The molecular formula is C12H12F5NO. The van der Waals surface area contributed by atoms with Crippen LogP contribution < -0.4 is 5.73 Å². The monoisotopic (exact) mass is 281 g/mol. The number of hydrogen-bond donors (Lipinski definition) is 1. The highest BCUT2D eigenvalue weighted by Gasteiger charge is 2.33. The molecular weight excluding hydrogens is 269 g/mol. The van der Waals surface area contributed by atoms with Gasteiger partial charge in [0.05, 0.1) is 0 Å². The predicted octanol–water partition coefficient (Wildman–Crippen LogP) is 2.81. The van der Waals surface area contributed by atoms with Crippen LogP contribution in [0.4, 0.5) is 22.0 Å². The van der Waals surface area contributed by atoms with Crippen molar-refractivity contribution in [3.8, 4) is 0 Å². The lowest BCUT2D eigenvalue weighted by Gasteiger charge is -2.28. The lowest BCUT2D eigenvalue weighted by Crippen LogP contribution is -2.29. The zero-order chi connectivity index (χ0) is 14.2. The van der Waals surface area contributed by atoms with Crippen LogP contribution >= 0.6 is 0 Å². The van der Waals surface area contributed by atoms with Crippen LogP contribution in [-0.2, 0) is 4.74 Å². The van der Waals surface area contributed by atoms with Crippen LogP contribution in [0.3, 0.4) is 0 Å². The molecule has 0 amide bonds. The van der Waals surface area contributed by atoms with Gasteiger partial charge >= 0.3 is 0 Å². The van der Waals surface area contributed by atoms with E-state index in [1.807, 2.05) is 0 Å². The molecule has 1 aliphatic rings. The average Bonchev–Trinajstić information content (AvgIpc) is 2.44. The summed E-state index contributed by atoms with van der Waals surface area (Å²) in [6.07, 6.45) is 0.835. The number of halogens is 5. The van der Waals surface area contributed by atoms with Gasteiger partial charge in [-0.2, -0.15) is 0 Å². The van der Waals surface area contributed by atoms with Crippen molar-refractivity contribution in [3.05, 3.63) is 34.6 Å². The Labute approximate surface area is 106 Å². The largest absolute Gasteiger partial charge is 0.381 e. The summed E-state index contributed by atoms with van der Waals surface area (Å²) in [5.74, 6) is -10.2. The number of rotatable bonds is 2. The first kappa shape index (κ1) is 14.2. The van der Waals surface area contributed by atoms with Crippen molar-refractivity contribution < 1.29 is 26.7 Å². The molecule has 1 atom stereocenters. The van der Waals surface area contributed by atoms with Gasteiger partial charge in [-0.3, -0.25) is 0 Å². The van der Waals surface area contributed by atoms with Gasteiger partial charge in [0.15, 0.2) is 23.3 Å². The molecule has 2 N–H and O–H groups in total. The Morgan fingerprint density at radius 3 is 1.74 bits per heavy atom. The first-order valence-electron chi connectivity index (χ1n) is 5.79. The van der Waals surface area contributed by atoms with Gasteiger partial charge in [-0.05, 0) is 18.8 Å². The van der Waals surface area contributed by atoms with E-state index in [1.165, 1.54) is 0 Å². The van der Waals surface area contributed by atoms with Crippen LogP contribution in [0.15, 0.2) is 0 Å². The van der Waals surface area contributed by atoms with Crippen LogP contribution in [0.1, 0.15) is 24.4 Å². The van der Waals surface area contributed by atoms with Crippen LogP contribution in [0.5, 0.6) is 0 Å². The molecule has 1 aliphatic heterocycles. The van der Waals surface area contributed by atoms with Crippen molar-refractivity contribution in [2.24, 2.45) is 11.7 Å². The minimum atomic E-state index is -2.17. The second-order valence-corrected chi connectivity index (χ2v) is 4.46. The van der Waals surface area contributed by atoms with Gasteiger partial charge in [-0.1, -0.05) is 0 Å². The van der Waals surface area contributed by atoms with E-state index in [9.17, 15) is 22.0 Å². The Bertz CT molecular complexity index is 458. The van der Waals surface area contributed by atoms with Crippen molar-refractivity contribution in [2.45, 2.75) is 18.9 Å². The summed E-state index contributed by atoms with van der Waals surface area (Å²) < 4.78 is 71.3. The topological polar surface area (TPSA) is 35.2 Å². The molecule has 0 bridgehead atoms. The van der Waals surface area contributed by atoms with Crippen LogP contribution in [0, 0.1) is 35.0 Å². The van der Waals surface area contributed by atoms with E-state index < -0.39 is 40.7 Å². The highest BCUT2D eigenvalue weighted by molar-refractivity contribution is 5.27. The summed E-state index contributed by atoms with van der Waals surface area (Å²) in [6, 6.07) is -1.24. The lowest BCUT2D eigenvalue weighted by molar-refractivity contribution is 0.0573. The van der Waals surface area contributed by atoms with Gasteiger partial charge in [0.25, 0.3) is 0 Å². The summed E-state index contributed by atoms with van der Waals surface area (Å²) in [4.78, 5) is 0.